The fourth-order valence-corrected chi connectivity index (χ4v) is 2.63. The van der Waals surface area contributed by atoms with Crippen molar-refractivity contribution in [3.63, 3.8) is 0 Å². The summed E-state index contributed by atoms with van der Waals surface area (Å²) in [6.45, 7) is 4.98. The van der Waals surface area contributed by atoms with E-state index >= 15 is 0 Å². The smallest absolute Gasteiger partial charge is 0.0772 e. The van der Waals surface area contributed by atoms with Gasteiger partial charge in [0.25, 0.3) is 0 Å². The molecule has 5 heteroatoms. The first-order valence-electron chi connectivity index (χ1n) is 5.97. The van der Waals surface area contributed by atoms with E-state index in [0.717, 1.165) is 27.8 Å². The van der Waals surface area contributed by atoms with Gasteiger partial charge >= 0.3 is 0 Å². The molecule has 96 valence electrons. The Hall–Kier alpha value is -1.20. The third-order valence-corrected chi connectivity index (χ3v) is 3.54. The molecule has 0 bridgehead atoms. The number of halogens is 1. The molecule has 1 atom stereocenters. The summed E-state index contributed by atoms with van der Waals surface area (Å²) in [5.74, 6) is 0. The molecular weight excluding hydrogens is 292 g/mol. The van der Waals surface area contributed by atoms with Crippen LogP contribution in [-0.4, -0.2) is 21.8 Å². The van der Waals surface area contributed by atoms with Crippen molar-refractivity contribution >= 4 is 15.9 Å². The predicted molar refractivity (Wildman–Crippen MR) is 75.5 cm³/mol. The number of nitrogens with one attached hydrogen (secondary N) is 1. The van der Waals surface area contributed by atoms with E-state index in [1.54, 1.807) is 0 Å². The van der Waals surface area contributed by atoms with Gasteiger partial charge < -0.3 is 5.32 Å². The molecule has 1 unspecified atom stereocenters. The molecule has 4 nitrogen and oxygen atoms in total. The second-order valence-corrected chi connectivity index (χ2v) is 5.07. The number of pyridine rings is 1. The van der Waals surface area contributed by atoms with Crippen molar-refractivity contribution in [2.45, 2.75) is 26.4 Å². The fraction of sp³-hybridized carbons (Fsp3) is 0.385. The zero-order chi connectivity index (χ0) is 13.1. The Morgan fingerprint density at radius 1 is 1.39 bits per heavy atom. The SMILES string of the molecule is CCn1ncc(Br)c1C(NC)c1cncc(C)c1. The van der Waals surface area contributed by atoms with Crippen LogP contribution >= 0.6 is 15.9 Å². The minimum absolute atomic E-state index is 0.0919. The molecule has 0 radical (unpaired) electrons. The fourth-order valence-electron chi connectivity index (χ4n) is 2.11. The van der Waals surface area contributed by atoms with Gasteiger partial charge in [-0.2, -0.15) is 5.10 Å². The summed E-state index contributed by atoms with van der Waals surface area (Å²) in [4.78, 5) is 4.26. The first-order chi connectivity index (χ1) is 8.67. The van der Waals surface area contributed by atoms with Crippen LogP contribution in [0.2, 0.25) is 0 Å². The first kappa shape index (κ1) is 13.2. The zero-order valence-corrected chi connectivity index (χ0v) is 12.4. The van der Waals surface area contributed by atoms with E-state index in [0.29, 0.717) is 0 Å². The van der Waals surface area contributed by atoms with Gasteiger partial charge in [0, 0.05) is 18.9 Å². The minimum Gasteiger partial charge on any atom is -0.308 e. The van der Waals surface area contributed by atoms with E-state index in [4.69, 9.17) is 0 Å². The molecule has 0 aromatic carbocycles. The first-order valence-corrected chi connectivity index (χ1v) is 6.76. The molecule has 0 aliphatic carbocycles. The maximum absolute atomic E-state index is 4.36. The second kappa shape index (κ2) is 5.63. The molecule has 2 heterocycles. The van der Waals surface area contributed by atoms with Crippen molar-refractivity contribution in [1.82, 2.24) is 20.1 Å². The normalized spacial score (nSPS) is 12.7. The van der Waals surface area contributed by atoms with E-state index in [1.807, 2.05) is 30.3 Å². The van der Waals surface area contributed by atoms with Crippen LogP contribution in [0.1, 0.15) is 29.8 Å². The summed E-state index contributed by atoms with van der Waals surface area (Å²) in [5.41, 5.74) is 3.44. The van der Waals surface area contributed by atoms with Crippen molar-refractivity contribution in [2.24, 2.45) is 0 Å². The quantitative estimate of drug-likeness (QED) is 0.944. The summed E-state index contributed by atoms with van der Waals surface area (Å²) < 4.78 is 3.01. The maximum Gasteiger partial charge on any atom is 0.0772 e. The second-order valence-electron chi connectivity index (χ2n) is 4.21. The number of hydrogen-bond acceptors (Lipinski definition) is 3. The van der Waals surface area contributed by atoms with Crippen LogP contribution in [0.15, 0.2) is 29.1 Å². The Balaban J connectivity index is 2.48. The van der Waals surface area contributed by atoms with Gasteiger partial charge in [-0.3, -0.25) is 9.67 Å². The average Bonchev–Trinajstić information content (AvgIpc) is 2.72. The van der Waals surface area contributed by atoms with Crippen LogP contribution in [0.4, 0.5) is 0 Å². The number of hydrogen-bond donors (Lipinski definition) is 1. The lowest BCUT2D eigenvalue weighted by Crippen LogP contribution is -2.22. The van der Waals surface area contributed by atoms with Gasteiger partial charge in [-0.05, 0) is 48.0 Å². The van der Waals surface area contributed by atoms with Gasteiger partial charge in [0.1, 0.15) is 0 Å². The van der Waals surface area contributed by atoms with Crippen molar-refractivity contribution < 1.29 is 0 Å². The third kappa shape index (κ3) is 2.47. The van der Waals surface area contributed by atoms with Crippen LogP contribution < -0.4 is 5.32 Å². The number of aryl methyl sites for hydroxylation is 2. The van der Waals surface area contributed by atoms with Crippen LogP contribution in [0, 0.1) is 6.92 Å². The Morgan fingerprint density at radius 2 is 2.17 bits per heavy atom. The Labute approximate surface area is 116 Å². The standard InChI is InChI=1S/C13H17BrN4/c1-4-18-13(11(14)8-17-18)12(15-3)10-5-9(2)6-16-7-10/h5-8,12,15H,4H2,1-3H3. The minimum atomic E-state index is 0.0919. The van der Waals surface area contributed by atoms with Gasteiger partial charge in [-0.1, -0.05) is 6.07 Å². The molecule has 0 aliphatic heterocycles. The molecule has 2 rings (SSSR count). The highest BCUT2D eigenvalue weighted by Gasteiger charge is 2.20. The summed E-state index contributed by atoms with van der Waals surface area (Å²) in [6.07, 6.45) is 5.60. The molecule has 2 aromatic heterocycles. The van der Waals surface area contributed by atoms with Gasteiger partial charge in [0.2, 0.25) is 0 Å². The Morgan fingerprint density at radius 3 is 2.78 bits per heavy atom. The summed E-state index contributed by atoms with van der Waals surface area (Å²) in [6, 6.07) is 2.24. The molecule has 0 spiro atoms. The van der Waals surface area contributed by atoms with Crippen molar-refractivity contribution in [3.8, 4) is 0 Å². The molecular formula is C13H17BrN4. The Kier molecular flexibility index (Phi) is 4.14. The van der Waals surface area contributed by atoms with Gasteiger partial charge in [-0.25, -0.2) is 0 Å². The van der Waals surface area contributed by atoms with Gasteiger partial charge in [0.15, 0.2) is 0 Å². The molecule has 0 aliphatic rings. The topological polar surface area (TPSA) is 42.7 Å². The van der Waals surface area contributed by atoms with E-state index in [1.165, 1.54) is 0 Å². The molecule has 0 amide bonds. The Bertz CT molecular complexity index is 536. The van der Waals surface area contributed by atoms with Crippen molar-refractivity contribution in [3.05, 3.63) is 46.0 Å². The van der Waals surface area contributed by atoms with Crippen molar-refractivity contribution in [1.29, 1.82) is 0 Å². The van der Waals surface area contributed by atoms with E-state index in [9.17, 15) is 0 Å². The molecule has 2 aromatic rings. The monoisotopic (exact) mass is 308 g/mol. The van der Waals surface area contributed by atoms with E-state index in [-0.39, 0.29) is 6.04 Å². The number of aromatic nitrogens is 3. The summed E-state index contributed by atoms with van der Waals surface area (Å²) in [5, 5.41) is 7.69. The van der Waals surface area contributed by atoms with E-state index in [2.05, 4.69) is 51.2 Å². The van der Waals surface area contributed by atoms with Crippen LogP contribution in [0.25, 0.3) is 0 Å². The molecule has 18 heavy (non-hydrogen) atoms. The lowest BCUT2D eigenvalue weighted by molar-refractivity contribution is 0.560. The largest absolute Gasteiger partial charge is 0.308 e. The molecule has 0 fully saturated rings. The third-order valence-electron chi connectivity index (χ3n) is 2.92. The number of nitrogens with zero attached hydrogens (tertiary/aromatic N) is 3. The number of rotatable bonds is 4. The predicted octanol–water partition coefficient (Wildman–Crippen LogP) is 2.68. The zero-order valence-electron chi connectivity index (χ0n) is 10.8. The highest BCUT2D eigenvalue weighted by Crippen LogP contribution is 2.28. The lowest BCUT2D eigenvalue weighted by atomic mass is 10.0. The highest BCUT2D eigenvalue weighted by molar-refractivity contribution is 9.10. The highest BCUT2D eigenvalue weighted by atomic mass is 79.9. The van der Waals surface area contributed by atoms with Crippen LogP contribution in [0.3, 0.4) is 0 Å². The van der Waals surface area contributed by atoms with Crippen molar-refractivity contribution in [2.75, 3.05) is 7.05 Å². The van der Waals surface area contributed by atoms with Gasteiger partial charge in [0.05, 0.1) is 22.4 Å². The molecule has 0 saturated heterocycles. The maximum atomic E-state index is 4.36. The van der Waals surface area contributed by atoms with Crippen LogP contribution in [-0.2, 0) is 6.54 Å². The average molecular weight is 309 g/mol. The molecule has 1 N–H and O–H groups in total. The van der Waals surface area contributed by atoms with E-state index < -0.39 is 0 Å². The lowest BCUT2D eigenvalue weighted by Gasteiger charge is -2.18. The van der Waals surface area contributed by atoms with Gasteiger partial charge in [-0.15, -0.1) is 0 Å². The summed E-state index contributed by atoms with van der Waals surface area (Å²) >= 11 is 3.57. The molecule has 0 saturated carbocycles. The van der Waals surface area contributed by atoms with Crippen LogP contribution in [0.5, 0.6) is 0 Å². The summed E-state index contributed by atoms with van der Waals surface area (Å²) in [7, 11) is 1.95.